The van der Waals surface area contributed by atoms with E-state index in [0.717, 1.165) is 24.3 Å². The Kier molecular flexibility index (Phi) is 7.74. The summed E-state index contributed by atoms with van der Waals surface area (Å²) >= 11 is 9.57. The van der Waals surface area contributed by atoms with Crippen LogP contribution < -0.4 is 0 Å². The molecule has 210 valence electrons. The third-order valence-corrected chi connectivity index (χ3v) is 9.54. The van der Waals surface area contributed by atoms with E-state index in [4.69, 9.17) is 25.3 Å². The molecule has 7 rings (SSSR count). The van der Waals surface area contributed by atoms with Crippen LogP contribution in [0.5, 0.6) is 0 Å². The molecule has 0 fully saturated rings. The Hall–Kier alpha value is -3.98. The van der Waals surface area contributed by atoms with Crippen molar-refractivity contribution < 1.29 is 0 Å². The van der Waals surface area contributed by atoms with Crippen LogP contribution in [0.3, 0.4) is 0 Å². The summed E-state index contributed by atoms with van der Waals surface area (Å²) in [6, 6.07) is 53.2. The summed E-state index contributed by atoms with van der Waals surface area (Å²) in [4.78, 5) is 0. The Bertz CT molecular complexity index is 1710. The fraction of sp³-hybridized carbons (Fsp3) is 0.122. The van der Waals surface area contributed by atoms with Crippen LogP contribution >= 0.6 is 25.3 Å². The fourth-order valence-electron chi connectivity index (χ4n) is 6.87. The van der Waals surface area contributed by atoms with Crippen molar-refractivity contribution in [3.8, 4) is 55.6 Å². The molecule has 0 unspecified atom stereocenters. The lowest BCUT2D eigenvalue weighted by Gasteiger charge is -2.32. The Balaban J connectivity index is 1.28. The number of benzene rings is 6. The smallest absolute Gasteiger partial charge is 0.0231 e. The lowest BCUT2D eigenvalue weighted by Crippen LogP contribution is -2.27. The summed E-state index contributed by atoms with van der Waals surface area (Å²) < 4.78 is 0. The number of hydrogen-bond acceptors (Lipinski definition) is 2. The first kappa shape index (κ1) is 27.8. The summed E-state index contributed by atoms with van der Waals surface area (Å²) in [5.41, 5.74) is 15.3. The van der Waals surface area contributed by atoms with E-state index in [2.05, 4.69) is 146 Å². The highest BCUT2D eigenvalue weighted by atomic mass is 32.1. The minimum absolute atomic E-state index is 0.117. The maximum absolute atomic E-state index is 4.78. The topological polar surface area (TPSA) is 0 Å². The van der Waals surface area contributed by atoms with Gasteiger partial charge in [-0.25, -0.2) is 0 Å². The van der Waals surface area contributed by atoms with E-state index in [1.807, 2.05) is 0 Å². The quantitative estimate of drug-likeness (QED) is 0.162. The van der Waals surface area contributed by atoms with E-state index in [1.165, 1.54) is 66.8 Å². The molecule has 1 aliphatic rings. The predicted octanol–water partition coefficient (Wildman–Crippen LogP) is 11.3. The monoisotopic (exact) mass is 590 g/mol. The van der Waals surface area contributed by atoms with Crippen molar-refractivity contribution in [1.29, 1.82) is 0 Å². The second-order valence-corrected chi connectivity index (χ2v) is 12.3. The van der Waals surface area contributed by atoms with Crippen LogP contribution in [0, 0.1) is 0 Å². The molecule has 0 saturated carbocycles. The van der Waals surface area contributed by atoms with Gasteiger partial charge in [0.05, 0.1) is 0 Å². The maximum atomic E-state index is 4.78. The molecule has 0 aromatic heterocycles. The van der Waals surface area contributed by atoms with Crippen LogP contribution in [-0.2, 0) is 5.41 Å². The van der Waals surface area contributed by atoms with Crippen molar-refractivity contribution >= 4 is 25.3 Å². The van der Waals surface area contributed by atoms with Crippen molar-refractivity contribution in [2.45, 2.75) is 18.3 Å². The lowest BCUT2D eigenvalue weighted by atomic mass is 9.73. The number of fused-ring (bicyclic) bond motifs is 3. The third-order valence-electron chi connectivity index (χ3n) is 9.09. The van der Waals surface area contributed by atoms with Gasteiger partial charge in [0.25, 0.3) is 0 Å². The largest absolute Gasteiger partial charge is 0.179 e. The van der Waals surface area contributed by atoms with Gasteiger partial charge in [-0.05, 0) is 103 Å². The molecule has 0 N–H and O–H groups in total. The average molecular weight is 591 g/mol. The van der Waals surface area contributed by atoms with Gasteiger partial charge in [-0.3, -0.25) is 0 Å². The number of thiol groups is 2. The summed E-state index contributed by atoms with van der Waals surface area (Å²) in [6.45, 7) is 0. The number of rotatable bonds is 8. The van der Waals surface area contributed by atoms with Crippen LogP contribution in [-0.4, -0.2) is 11.5 Å². The van der Waals surface area contributed by atoms with Crippen LogP contribution in [0.1, 0.15) is 24.0 Å². The SMILES string of the molecule is SCCC1(CCS)c2cc(-c3ccc(-c4ccccc4)cc3)ccc2-c2ccc(-c3ccc(-c4ccccc4)cc3)cc21. The fourth-order valence-corrected chi connectivity index (χ4v) is 7.63. The Labute approximate surface area is 266 Å². The van der Waals surface area contributed by atoms with E-state index in [1.54, 1.807) is 0 Å². The van der Waals surface area contributed by atoms with Gasteiger partial charge in [-0.15, -0.1) is 0 Å². The molecule has 0 aliphatic heterocycles. The van der Waals surface area contributed by atoms with Crippen molar-refractivity contribution in [3.05, 3.63) is 157 Å². The molecule has 0 heterocycles. The van der Waals surface area contributed by atoms with Gasteiger partial charge >= 0.3 is 0 Å². The van der Waals surface area contributed by atoms with Gasteiger partial charge in [-0.2, -0.15) is 25.3 Å². The number of hydrogen-bond donors (Lipinski definition) is 2. The standard InChI is InChI=1S/C41H34S2/c42-25-23-41(24-26-43)39-27-35(33-15-11-31(12-16-33)29-7-3-1-4-8-29)19-21-37(39)38-22-20-36(28-40(38)41)34-17-13-32(14-18-34)30-9-5-2-6-10-30/h1-22,27-28,42-43H,23-26H2. The molecule has 0 bridgehead atoms. The molecule has 0 radical (unpaired) electrons. The molecule has 0 nitrogen and oxygen atoms in total. The van der Waals surface area contributed by atoms with Crippen LogP contribution in [0.4, 0.5) is 0 Å². The minimum atomic E-state index is -0.117. The molecule has 43 heavy (non-hydrogen) atoms. The molecule has 2 heteroatoms. The molecule has 1 aliphatic carbocycles. The first-order valence-corrected chi connectivity index (χ1v) is 16.3. The van der Waals surface area contributed by atoms with Gasteiger partial charge in [0.1, 0.15) is 0 Å². The zero-order valence-corrected chi connectivity index (χ0v) is 25.9. The first-order valence-electron chi connectivity index (χ1n) is 15.0. The predicted molar refractivity (Wildman–Crippen MR) is 191 cm³/mol. The Morgan fingerprint density at radius 2 is 0.651 bits per heavy atom. The molecule has 6 aromatic rings. The molecule has 0 spiro atoms. The summed E-state index contributed by atoms with van der Waals surface area (Å²) in [5.74, 6) is 1.64. The van der Waals surface area contributed by atoms with E-state index in [0.29, 0.717) is 0 Å². The second kappa shape index (κ2) is 12.0. The second-order valence-electron chi connectivity index (χ2n) is 11.4. The van der Waals surface area contributed by atoms with Crippen molar-refractivity contribution in [2.75, 3.05) is 11.5 Å². The van der Waals surface area contributed by atoms with Gasteiger partial charge < -0.3 is 0 Å². The highest BCUT2D eigenvalue weighted by Crippen LogP contribution is 2.54. The maximum Gasteiger partial charge on any atom is 0.0231 e. The van der Waals surface area contributed by atoms with E-state index in [9.17, 15) is 0 Å². The van der Waals surface area contributed by atoms with Gasteiger partial charge in [0, 0.05) is 5.41 Å². The van der Waals surface area contributed by atoms with Crippen LogP contribution in [0.15, 0.2) is 146 Å². The lowest BCUT2D eigenvalue weighted by molar-refractivity contribution is 0.500. The van der Waals surface area contributed by atoms with Crippen molar-refractivity contribution in [2.24, 2.45) is 0 Å². The average Bonchev–Trinajstić information content (AvgIpc) is 3.34. The highest BCUT2D eigenvalue weighted by molar-refractivity contribution is 7.80. The highest BCUT2D eigenvalue weighted by Gasteiger charge is 2.42. The van der Waals surface area contributed by atoms with Gasteiger partial charge in [0.2, 0.25) is 0 Å². The third kappa shape index (κ3) is 5.13. The van der Waals surface area contributed by atoms with Gasteiger partial charge in [0.15, 0.2) is 0 Å². The first-order chi connectivity index (χ1) is 21.2. The summed E-state index contributed by atoms with van der Waals surface area (Å²) in [6.07, 6.45) is 1.95. The summed E-state index contributed by atoms with van der Waals surface area (Å²) in [7, 11) is 0. The molecule has 0 amide bonds. The zero-order chi connectivity index (χ0) is 29.2. The molecule has 0 atom stereocenters. The van der Waals surface area contributed by atoms with Crippen molar-refractivity contribution in [1.82, 2.24) is 0 Å². The minimum Gasteiger partial charge on any atom is -0.179 e. The van der Waals surface area contributed by atoms with Crippen LogP contribution in [0.2, 0.25) is 0 Å². The Morgan fingerprint density at radius 3 is 1.00 bits per heavy atom. The summed E-state index contributed by atoms with van der Waals surface area (Å²) in [5, 5.41) is 0. The van der Waals surface area contributed by atoms with Crippen molar-refractivity contribution in [3.63, 3.8) is 0 Å². The van der Waals surface area contributed by atoms with E-state index in [-0.39, 0.29) is 5.41 Å². The van der Waals surface area contributed by atoms with Crippen LogP contribution in [0.25, 0.3) is 55.6 Å². The molecular weight excluding hydrogens is 557 g/mol. The normalized spacial score (nSPS) is 13.0. The zero-order valence-electron chi connectivity index (χ0n) is 24.1. The molecule has 6 aromatic carbocycles. The van der Waals surface area contributed by atoms with Gasteiger partial charge in [-0.1, -0.05) is 133 Å². The van der Waals surface area contributed by atoms with E-state index < -0.39 is 0 Å². The molecule has 0 saturated heterocycles. The van der Waals surface area contributed by atoms with E-state index >= 15 is 0 Å². The Morgan fingerprint density at radius 1 is 0.349 bits per heavy atom. The molecular formula is C41H34S2.